The number of nitrogens with zero attached hydrogens (tertiary/aromatic N) is 9. The highest BCUT2D eigenvalue weighted by Gasteiger charge is 2.48. The first-order valence-electron chi connectivity index (χ1n) is 34.4. The third kappa shape index (κ3) is 14.3. The maximum Gasteiger partial charge on any atom is 0.434 e. The number of fused-ring (bicyclic) bond motifs is 4. The summed E-state index contributed by atoms with van der Waals surface area (Å²) in [6, 6.07) is 54.1. The highest BCUT2D eigenvalue weighted by atomic mass is 19.4. The van der Waals surface area contributed by atoms with Gasteiger partial charge >= 0.3 is 18.1 Å². The van der Waals surface area contributed by atoms with Gasteiger partial charge in [0.25, 0.3) is 11.8 Å². The van der Waals surface area contributed by atoms with Gasteiger partial charge in [-0.1, -0.05) is 91.9 Å². The number of carbonyl (C=O) groups excluding carboxylic acids is 4. The minimum atomic E-state index is -4.86. The standard InChI is InChI=1S/C30H23F3N4O.C28H22F3N5O2.C27H21N3O3.CH4/c1-17-9-12-23-24(14-17)36-27(35-23)21-15-18(10-11-22(21)30(31,32)33)20-7-4-8-25-26(20)29(2,3)28(38)37(25)19-6-5-13-34-16-19;1-16-9-10-22(33-13-16)35-25(37)20-12-17(14-34-24(20)28(29,30)31)19-7-4-8-21-23(19)27(2,3)26(38)36(21)18-6-5-11-32-15-18;1-17-8-12-20(13-9-17)29-26(31)23-15-19(11-10-18(23)2)22-6-3-7-24-25(22)33-27(32)30(24)21-5-4-14-28-16-21;/h4-16H,1-3H3,(H,35,36);4-15H,1-3H3,(H,33,35,37);3-16H,1-2H3,(H,29,31);1H4. The van der Waals surface area contributed by atoms with Crippen LogP contribution in [0.1, 0.15) is 100 Å². The smallest absolute Gasteiger partial charge is 0.407 e. The number of halogens is 6. The lowest BCUT2D eigenvalue weighted by Gasteiger charge is -2.21. The highest BCUT2D eigenvalue weighted by Crippen LogP contribution is 2.52. The molecule has 0 saturated carbocycles. The van der Waals surface area contributed by atoms with Crippen molar-refractivity contribution < 1.29 is 49.9 Å². The Bertz CT molecular complexity index is 5960. The average Bonchev–Trinajstić information content (AvgIpc) is 1.57. The molecule has 0 unspecified atom stereocenters. The van der Waals surface area contributed by atoms with E-state index in [1.807, 2.05) is 132 Å². The number of H-pyrrole nitrogens is 1. The number of alkyl halides is 6. The van der Waals surface area contributed by atoms with Gasteiger partial charge in [-0.3, -0.25) is 48.9 Å². The zero-order chi connectivity index (χ0) is 77.0. The molecule has 0 aliphatic carbocycles. The number of amides is 4. The number of nitrogens with one attached hydrogen (secondary N) is 3. The van der Waals surface area contributed by atoms with E-state index in [1.54, 1.807) is 128 Å². The van der Waals surface area contributed by atoms with Gasteiger partial charge in [0.05, 0.1) is 85.5 Å². The summed E-state index contributed by atoms with van der Waals surface area (Å²) in [4.78, 5) is 96.6. The number of aryl methyl sites for hydroxylation is 4. The van der Waals surface area contributed by atoms with Crippen molar-refractivity contribution in [2.45, 2.75) is 86.0 Å². The SMILES string of the molecule is C.Cc1ccc(NC(=O)c2cc(-c3cccc4c3C(C)(C)C(=O)N4c3cccnc3)cnc2C(F)(F)F)nc1.Cc1ccc(NC(=O)c2cc(-c3cccc4c3oc(=O)n4-c3cccnc3)ccc2C)cc1.Cc1ccc2nc(-c3cc(-c4cccc5c4C(C)(C)C(=O)N5c4cccnc4)ccc3C(F)(F)F)[nH]c2c1. The second-order valence-electron chi connectivity index (χ2n) is 27.4. The zero-order valence-corrected chi connectivity index (χ0v) is 59.8. The van der Waals surface area contributed by atoms with Gasteiger partial charge in [0.15, 0.2) is 11.3 Å². The molecule has 9 heterocycles. The summed E-state index contributed by atoms with van der Waals surface area (Å²) in [6.45, 7) is 14.8. The molecular formula is C86H70F6N12O6. The molecule has 7 aromatic carbocycles. The Morgan fingerprint density at radius 1 is 0.491 bits per heavy atom. The lowest BCUT2D eigenvalue weighted by atomic mass is 9.81. The molecule has 0 fully saturated rings. The van der Waals surface area contributed by atoms with E-state index in [4.69, 9.17) is 4.42 Å². The van der Waals surface area contributed by atoms with Crippen molar-refractivity contribution in [1.29, 1.82) is 0 Å². The van der Waals surface area contributed by atoms with E-state index in [2.05, 4.69) is 45.5 Å². The molecule has 2 aliphatic rings. The second kappa shape index (κ2) is 29.3. The fourth-order valence-corrected chi connectivity index (χ4v) is 13.7. The molecule has 24 heteroatoms. The van der Waals surface area contributed by atoms with Crippen LogP contribution in [0.3, 0.4) is 0 Å². The molecule has 110 heavy (non-hydrogen) atoms. The quantitative estimate of drug-likeness (QED) is 0.103. The number of anilines is 6. The van der Waals surface area contributed by atoms with E-state index in [9.17, 15) is 50.3 Å². The maximum absolute atomic E-state index is 14.1. The summed E-state index contributed by atoms with van der Waals surface area (Å²) in [5.41, 5.74) is 10.7. The van der Waals surface area contributed by atoms with E-state index in [0.717, 1.165) is 63.0 Å². The van der Waals surface area contributed by atoms with Crippen LogP contribution in [0.25, 0.3) is 72.6 Å². The van der Waals surface area contributed by atoms with Crippen LogP contribution in [0, 0.1) is 27.7 Å². The minimum Gasteiger partial charge on any atom is -0.407 e. The molecule has 2 aliphatic heterocycles. The van der Waals surface area contributed by atoms with Gasteiger partial charge in [0, 0.05) is 58.9 Å². The van der Waals surface area contributed by atoms with E-state index >= 15 is 0 Å². The lowest BCUT2D eigenvalue weighted by Crippen LogP contribution is -2.33. The van der Waals surface area contributed by atoms with Crippen LogP contribution in [0.2, 0.25) is 0 Å². The van der Waals surface area contributed by atoms with Crippen LogP contribution in [0.5, 0.6) is 0 Å². The maximum atomic E-state index is 14.1. The molecule has 18 nitrogen and oxygen atoms in total. The van der Waals surface area contributed by atoms with Gasteiger partial charge in [-0.05, 0) is 215 Å². The molecule has 0 saturated heterocycles. The predicted molar refractivity (Wildman–Crippen MR) is 413 cm³/mol. The number of pyridine rings is 5. The van der Waals surface area contributed by atoms with Crippen LogP contribution < -0.4 is 26.2 Å². The highest BCUT2D eigenvalue weighted by molar-refractivity contribution is 6.16. The Labute approximate surface area is 627 Å². The summed E-state index contributed by atoms with van der Waals surface area (Å²) in [5, 5.41) is 5.37. The number of para-hydroxylation sites is 1. The van der Waals surface area contributed by atoms with Crippen LogP contribution in [-0.4, -0.2) is 63.1 Å². The van der Waals surface area contributed by atoms with Gasteiger partial charge in [-0.15, -0.1) is 0 Å². The van der Waals surface area contributed by atoms with Crippen LogP contribution >= 0.6 is 0 Å². The fourth-order valence-electron chi connectivity index (χ4n) is 13.7. The summed E-state index contributed by atoms with van der Waals surface area (Å²) < 4.78 is 91.1. The van der Waals surface area contributed by atoms with Crippen LogP contribution in [0.15, 0.2) is 247 Å². The number of hydrogen-bond acceptors (Lipinski definition) is 12. The number of carbonyl (C=O) groups is 4. The van der Waals surface area contributed by atoms with Crippen molar-refractivity contribution in [3.63, 3.8) is 0 Å². The van der Waals surface area contributed by atoms with Crippen molar-refractivity contribution in [1.82, 2.24) is 39.5 Å². The largest absolute Gasteiger partial charge is 0.434 e. The fraction of sp³-hybridized carbons (Fsp3) is 0.151. The Hall–Kier alpha value is -13.5. The van der Waals surface area contributed by atoms with Crippen molar-refractivity contribution in [2.75, 3.05) is 20.4 Å². The van der Waals surface area contributed by atoms with E-state index in [0.29, 0.717) is 78.4 Å². The van der Waals surface area contributed by atoms with Crippen LogP contribution in [0.4, 0.5) is 60.6 Å². The third-order valence-corrected chi connectivity index (χ3v) is 19.1. The summed E-state index contributed by atoms with van der Waals surface area (Å²) >= 11 is 0. The number of hydrogen-bond donors (Lipinski definition) is 3. The molecule has 552 valence electrons. The summed E-state index contributed by atoms with van der Waals surface area (Å²) in [7, 11) is 0. The molecule has 4 amide bonds. The Balaban J connectivity index is 0.000000145. The molecule has 0 bridgehead atoms. The first-order chi connectivity index (χ1) is 52.0. The molecule has 14 aromatic rings. The van der Waals surface area contributed by atoms with Gasteiger partial charge in [0.1, 0.15) is 11.6 Å². The Morgan fingerprint density at radius 2 is 1.04 bits per heavy atom. The Kier molecular flexibility index (Phi) is 19.9. The van der Waals surface area contributed by atoms with Gasteiger partial charge < -0.3 is 20.0 Å². The normalized spacial score (nSPS) is 13.4. The first-order valence-corrected chi connectivity index (χ1v) is 34.4. The Morgan fingerprint density at radius 3 is 1.62 bits per heavy atom. The summed E-state index contributed by atoms with van der Waals surface area (Å²) in [5.74, 6) is -1.78. The minimum absolute atomic E-state index is 0. The first kappa shape index (κ1) is 74.8. The van der Waals surface area contributed by atoms with Crippen LogP contribution in [-0.2, 0) is 32.8 Å². The summed E-state index contributed by atoms with van der Waals surface area (Å²) in [6.07, 6.45) is 2.81. The average molecular weight is 1480 g/mol. The number of oxazole rings is 1. The van der Waals surface area contributed by atoms with Crippen molar-refractivity contribution in [2.24, 2.45) is 0 Å². The van der Waals surface area contributed by atoms with Gasteiger partial charge in [-0.25, -0.2) is 19.3 Å². The molecular weight excluding hydrogens is 1410 g/mol. The van der Waals surface area contributed by atoms with Gasteiger partial charge in [0.2, 0.25) is 11.8 Å². The molecule has 16 rings (SSSR count). The lowest BCUT2D eigenvalue weighted by molar-refractivity contribution is -0.141. The number of benzene rings is 7. The number of imidazole rings is 1. The molecule has 0 atom stereocenters. The number of aromatic nitrogens is 8. The number of aromatic amines is 1. The van der Waals surface area contributed by atoms with Gasteiger partial charge in [-0.2, -0.15) is 26.3 Å². The van der Waals surface area contributed by atoms with E-state index < -0.39 is 51.7 Å². The zero-order valence-electron chi connectivity index (χ0n) is 59.8. The monoisotopic (exact) mass is 1480 g/mol. The van der Waals surface area contributed by atoms with E-state index in [1.165, 1.54) is 29.0 Å². The van der Waals surface area contributed by atoms with E-state index in [-0.39, 0.29) is 47.9 Å². The van der Waals surface area contributed by atoms with Crippen molar-refractivity contribution in [3.05, 3.63) is 304 Å². The second-order valence-corrected chi connectivity index (χ2v) is 27.4. The van der Waals surface area contributed by atoms with Crippen molar-refractivity contribution in [3.8, 4) is 50.5 Å². The third-order valence-electron chi connectivity index (χ3n) is 19.1. The predicted octanol–water partition coefficient (Wildman–Crippen LogP) is 19.8. The topological polar surface area (TPSA) is 227 Å². The molecule has 3 N–H and O–H groups in total. The molecule has 0 radical (unpaired) electrons. The molecule has 7 aromatic heterocycles. The molecule has 0 spiro atoms. The van der Waals surface area contributed by atoms with Crippen molar-refractivity contribution >= 4 is 80.0 Å². The number of rotatable bonds is 11.